The van der Waals surface area contributed by atoms with Gasteiger partial charge in [0.05, 0.1) is 4.90 Å². The zero-order valence-electron chi connectivity index (χ0n) is 17.2. The van der Waals surface area contributed by atoms with Gasteiger partial charge >= 0.3 is 11.6 Å². The van der Waals surface area contributed by atoms with Crippen LogP contribution in [0.15, 0.2) is 50.5 Å². The standard InChI is InChI=1S/C22H23NO6S/c1-13-5-6-18(7-14(13)2)30(26,27)23-11-22(25)28-12-17-10-21(24)29-20-9-16(4)15(3)8-19(17)20/h5-10,23H,11-12H2,1-4H3. The summed E-state index contributed by atoms with van der Waals surface area (Å²) in [4.78, 5) is 24.0. The van der Waals surface area contributed by atoms with Crippen molar-refractivity contribution in [1.82, 2.24) is 4.72 Å². The smallest absolute Gasteiger partial charge is 0.336 e. The molecule has 1 N–H and O–H groups in total. The summed E-state index contributed by atoms with van der Waals surface area (Å²) in [5.41, 5.74) is 4.14. The van der Waals surface area contributed by atoms with E-state index in [1.807, 2.05) is 33.8 Å². The third-order valence-corrected chi connectivity index (χ3v) is 6.43. The molecular formula is C22H23NO6S. The summed E-state index contributed by atoms with van der Waals surface area (Å²) in [6.07, 6.45) is 0. The zero-order chi connectivity index (χ0) is 22.1. The van der Waals surface area contributed by atoms with Gasteiger partial charge in [0.1, 0.15) is 18.7 Å². The lowest BCUT2D eigenvalue weighted by Crippen LogP contribution is -2.30. The number of sulfonamides is 1. The number of fused-ring (bicyclic) bond motifs is 1. The van der Waals surface area contributed by atoms with E-state index in [2.05, 4.69) is 4.72 Å². The van der Waals surface area contributed by atoms with E-state index in [4.69, 9.17) is 9.15 Å². The second kappa shape index (κ2) is 8.41. The summed E-state index contributed by atoms with van der Waals surface area (Å²) in [5, 5.41) is 0.668. The van der Waals surface area contributed by atoms with E-state index in [0.29, 0.717) is 16.5 Å². The van der Waals surface area contributed by atoms with Crippen molar-refractivity contribution in [2.24, 2.45) is 0 Å². The molecule has 0 aliphatic rings. The molecule has 0 fully saturated rings. The Kier molecular flexibility index (Phi) is 6.09. The van der Waals surface area contributed by atoms with Gasteiger partial charge < -0.3 is 9.15 Å². The number of hydrogen-bond donors (Lipinski definition) is 1. The van der Waals surface area contributed by atoms with Gasteiger partial charge in [-0.3, -0.25) is 4.79 Å². The van der Waals surface area contributed by atoms with Gasteiger partial charge in [-0.15, -0.1) is 0 Å². The fourth-order valence-corrected chi connectivity index (χ4v) is 3.98. The van der Waals surface area contributed by atoms with Crippen molar-refractivity contribution in [2.45, 2.75) is 39.2 Å². The Labute approximate surface area is 174 Å². The third kappa shape index (κ3) is 4.77. The molecule has 8 heteroatoms. The van der Waals surface area contributed by atoms with E-state index in [9.17, 15) is 18.0 Å². The third-order valence-electron chi connectivity index (χ3n) is 5.03. The molecule has 0 aliphatic carbocycles. The van der Waals surface area contributed by atoms with Gasteiger partial charge in [-0.05, 0) is 74.2 Å². The molecule has 0 unspecified atom stereocenters. The number of esters is 1. The number of ether oxygens (including phenoxy) is 1. The monoisotopic (exact) mass is 429 g/mol. The first-order chi connectivity index (χ1) is 14.1. The van der Waals surface area contributed by atoms with Crippen LogP contribution in [0.2, 0.25) is 0 Å². The SMILES string of the molecule is Cc1ccc(S(=O)(=O)NCC(=O)OCc2cc(=O)oc3cc(C)c(C)cc23)cc1C. The first-order valence-corrected chi connectivity index (χ1v) is 10.8. The Morgan fingerprint density at radius 3 is 2.33 bits per heavy atom. The Morgan fingerprint density at radius 1 is 0.967 bits per heavy atom. The number of hydrogen-bond acceptors (Lipinski definition) is 6. The zero-order valence-corrected chi connectivity index (χ0v) is 18.1. The minimum atomic E-state index is -3.85. The quantitative estimate of drug-likeness (QED) is 0.477. The average Bonchev–Trinajstić information content (AvgIpc) is 2.68. The molecule has 0 aliphatic heterocycles. The van der Waals surface area contributed by atoms with Crippen molar-refractivity contribution < 1.29 is 22.4 Å². The predicted octanol–water partition coefficient (Wildman–Crippen LogP) is 3.05. The first kappa shape index (κ1) is 21.7. The van der Waals surface area contributed by atoms with E-state index in [-0.39, 0.29) is 11.5 Å². The van der Waals surface area contributed by atoms with E-state index in [0.717, 1.165) is 22.3 Å². The van der Waals surface area contributed by atoms with Crippen LogP contribution in [0.5, 0.6) is 0 Å². The lowest BCUT2D eigenvalue weighted by molar-refractivity contribution is -0.143. The van der Waals surface area contributed by atoms with Crippen LogP contribution in [0.4, 0.5) is 0 Å². The minimum absolute atomic E-state index is 0.0795. The van der Waals surface area contributed by atoms with Crippen LogP contribution in [0.25, 0.3) is 11.0 Å². The Balaban J connectivity index is 1.70. The van der Waals surface area contributed by atoms with Gasteiger partial charge in [0.15, 0.2) is 0 Å². The highest BCUT2D eigenvalue weighted by Crippen LogP contribution is 2.22. The van der Waals surface area contributed by atoms with Crippen molar-refractivity contribution in [2.75, 3.05) is 6.54 Å². The van der Waals surface area contributed by atoms with Crippen LogP contribution in [-0.2, 0) is 26.2 Å². The molecule has 0 saturated heterocycles. The van der Waals surface area contributed by atoms with E-state index < -0.39 is 28.2 Å². The van der Waals surface area contributed by atoms with Crippen LogP contribution in [-0.4, -0.2) is 20.9 Å². The van der Waals surface area contributed by atoms with Gasteiger partial charge in [0, 0.05) is 17.0 Å². The summed E-state index contributed by atoms with van der Waals surface area (Å²) in [7, 11) is -3.85. The molecule has 7 nitrogen and oxygen atoms in total. The minimum Gasteiger partial charge on any atom is -0.460 e. The topological polar surface area (TPSA) is 103 Å². The maximum Gasteiger partial charge on any atom is 0.336 e. The number of rotatable bonds is 6. The Bertz CT molecular complexity index is 1290. The van der Waals surface area contributed by atoms with Gasteiger partial charge in [-0.25, -0.2) is 13.2 Å². The molecule has 0 saturated carbocycles. The van der Waals surface area contributed by atoms with E-state index >= 15 is 0 Å². The molecular weight excluding hydrogens is 406 g/mol. The molecule has 0 atom stereocenters. The molecule has 0 bridgehead atoms. The fourth-order valence-electron chi connectivity index (χ4n) is 2.93. The highest BCUT2D eigenvalue weighted by atomic mass is 32.2. The van der Waals surface area contributed by atoms with Gasteiger partial charge in [0.2, 0.25) is 10.0 Å². The summed E-state index contributed by atoms with van der Waals surface area (Å²) in [6, 6.07) is 9.62. The summed E-state index contributed by atoms with van der Waals surface area (Å²) in [6.45, 7) is 6.84. The predicted molar refractivity (Wildman–Crippen MR) is 113 cm³/mol. The summed E-state index contributed by atoms with van der Waals surface area (Å²) < 4.78 is 37.4. The molecule has 0 radical (unpaired) electrons. The van der Waals surface area contributed by atoms with Gasteiger partial charge in [-0.2, -0.15) is 4.72 Å². The van der Waals surface area contributed by atoms with Crippen LogP contribution < -0.4 is 10.3 Å². The van der Waals surface area contributed by atoms with Crippen molar-refractivity contribution >= 4 is 27.0 Å². The molecule has 3 rings (SSSR count). The fraction of sp³-hybridized carbons (Fsp3) is 0.273. The van der Waals surface area contributed by atoms with Crippen molar-refractivity contribution in [3.05, 3.63) is 74.6 Å². The molecule has 0 amide bonds. The normalized spacial score (nSPS) is 11.6. The first-order valence-electron chi connectivity index (χ1n) is 9.33. The molecule has 1 heterocycles. The lowest BCUT2D eigenvalue weighted by Gasteiger charge is -2.10. The summed E-state index contributed by atoms with van der Waals surface area (Å²) >= 11 is 0. The van der Waals surface area contributed by atoms with Crippen molar-refractivity contribution in [3.8, 4) is 0 Å². The Hall–Kier alpha value is -2.97. The average molecular weight is 429 g/mol. The van der Waals surface area contributed by atoms with E-state index in [1.54, 1.807) is 18.2 Å². The van der Waals surface area contributed by atoms with Gasteiger partial charge in [0.25, 0.3) is 0 Å². The van der Waals surface area contributed by atoms with Crippen LogP contribution in [0, 0.1) is 27.7 Å². The molecule has 1 aromatic heterocycles. The number of nitrogens with one attached hydrogen (secondary N) is 1. The number of aryl methyl sites for hydroxylation is 4. The molecule has 2 aromatic carbocycles. The van der Waals surface area contributed by atoms with Crippen molar-refractivity contribution in [3.63, 3.8) is 0 Å². The maximum atomic E-state index is 12.4. The molecule has 158 valence electrons. The summed E-state index contributed by atoms with van der Waals surface area (Å²) in [5.74, 6) is -0.757. The van der Waals surface area contributed by atoms with Crippen LogP contribution >= 0.6 is 0 Å². The highest BCUT2D eigenvalue weighted by molar-refractivity contribution is 7.89. The van der Waals surface area contributed by atoms with E-state index in [1.165, 1.54) is 12.1 Å². The highest BCUT2D eigenvalue weighted by Gasteiger charge is 2.17. The van der Waals surface area contributed by atoms with Gasteiger partial charge in [-0.1, -0.05) is 6.07 Å². The molecule has 3 aromatic rings. The largest absolute Gasteiger partial charge is 0.460 e. The number of carbonyl (C=O) groups excluding carboxylic acids is 1. The maximum absolute atomic E-state index is 12.4. The second-order valence-electron chi connectivity index (χ2n) is 7.25. The Morgan fingerprint density at radius 2 is 1.63 bits per heavy atom. The van der Waals surface area contributed by atoms with Crippen molar-refractivity contribution in [1.29, 1.82) is 0 Å². The number of benzene rings is 2. The molecule has 0 spiro atoms. The molecule has 30 heavy (non-hydrogen) atoms. The van der Waals surface area contributed by atoms with Crippen LogP contribution in [0.1, 0.15) is 27.8 Å². The van der Waals surface area contributed by atoms with Crippen LogP contribution in [0.3, 0.4) is 0 Å². The number of carbonyl (C=O) groups is 1. The second-order valence-corrected chi connectivity index (χ2v) is 9.02. The lowest BCUT2D eigenvalue weighted by atomic mass is 10.0.